The Morgan fingerprint density at radius 3 is 2.61 bits per heavy atom. The molecule has 0 fully saturated rings. The van der Waals surface area contributed by atoms with Crippen molar-refractivity contribution >= 4 is 12.0 Å². The largest absolute Gasteiger partial charge is 0.459 e. The first kappa shape index (κ1) is 19.2. The molecule has 0 spiro atoms. The summed E-state index contributed by atoms with van der Waals surface area (Å²) in [7, 11) is 0. The van der Waals surface area contributed by atoms with Crippen molar-refractivity contribution in [3.05, 3.63) is 59.7 Å². The molecule has 2 aromatic heterocycles. The molecule has 2 N–H and O–H groups in total. The van der Waals surface area contributed by atoms with Crippen molar-refractivity contribution in [2.24, 2.45) is 0 Å². The Kier molecular flexibility index (Phi) is 6.05. The van der Waals surface area contributed by atoms with Crippen LogP contribution in [0.1, 0.15) is 35.7 Å². The van der Waals surface area contributed by atoms with Gasteiger partial charge in [-0.15, -0.1) is 10.2 Å². The molecular formula is C19H20N4O5. The number of esters is 1. The monoisotopic (exact) mass is 384 g/mol. The Labute approximate surface area is 161 Å². The molecule has 0 saturated carbocycles. The lowest BCUT2D eigenvalue weighted by Crippen LogP contribution is -2.39. The highest BCUT2D eigenvalue weighted by atomic mass is 16.5. The number of rotatable bonds is 7. The second kappa shape index (κ2) is 8.85. The van der Waals surface area contributed by atoms with Gasteiger partial charge in [-0.1, -0.05) is 12.1 Å². The molecule has 2 amide bonds. The first-order valence-electron chi connectivity index (χ1n) is 8.68. The van der Waals surface area contributed by atoms with Crippen LogP contribution in [-0.4, -0.2) is 28.2 Å². The maximum absolute atomic E-state index is 12.1. The van der Waals surface area contributed by atoms with Gasteiger partial charge in [0, 0.05) is 12.6 Å². The fourth-order valence-electron chi connectivity index (χ4n) is 2.28. The first-order valence-corrected chi connectivity index (χ1v) is 8.68. The molecular weight excluding hydrogens is 364 g/mol. The number of ether oxygens (including phenoxy) is 1. The molecule has 0 unspecified atom stereocenters. The van der Waals surface area contributed by atoms with Crippen molar-refractivity contribution in [1.82, 2.24) is 20.8 Å². The summed E-state index contributed by atoms with van der Waals surface area (Å²) in [5, 5.41) is 13.1. The van der Waals surface area contributed by atoms with Crippen LogP contribution in [0, 0.1) is 0 Å². The molecule has 9 heteroatoms. The number of carbonyl (C=O) groups excluding carboxylic acids is 2. The van der Waals surface area contributed by atoms with E-state index in [1.54, 1.807) is 36.4 Å². The minimum atomic E-state index is -0.519. The van der Waals surface area contributed by atoms with E-state index in [1.807, 2.05) is 13.8 Å². The van der Waals surface area contributed by atoms with Gasteiger partial charge in [-0.25, -0.2) is 9.59 Å². The summed E-state index contributed by atoms with van der Waals surface area (Å²) >= 11 is 0. The van der Waals surface area contributed by atoms with E-state index >= 15 is 0 Å². The molecule has 3 aromatic rings. The van der Waals surface area contributed by atoms with E-state index in [2.05, 4.69) is 20.8 Å². The Balaban J connectivity index is 1.49. The van der Waals surface area contributed by atoms with Gasteiger partial charge in [-0.3, -0.25) is 0 Å². The number of hydrogen-bond donors (Lipinski definition) is 2. The van der Waals surface area contributed by atoms with E-state index in [9.17, 15) is 9.59 Å². The molecule has 0 aliphatic rings. The molecule has 2 heterocycles. The summed E-state index contributed by atoms with van der Waals surface area (Å²) in [6, 6.07) is 9.95. The molecule has 1 aromatic carbocycles. The van der Waals surface area contributed by atoms with Gasteiger partial charge >= 0.3 is 12.0 Å². The third-order valence-electron chi connectivity index (χ3n) is 3.59. The molecule has 146 valence electrons. The smallest absolute Gasteiger partial charge is 0.338 e. The van der Waals surface area contributed by atoms with Crippen molar-refractivity contribution < 1.29 is 23.2 Å². The fourth-order valence-corrected chi connectivity index (χ4v) is 2.28. The fraction of sp³-hybridized carbons (Fsp3) is 0.263. The summed E-state index contributed by atoms with van der Waals surface area (Å²) < 4.78 is 15.7. The number of nitrogens with one attached hydrogen (secondary N) is 2. The standard InChI is InChI=1S/C19H20N4O5/c1-12(2)21-19(25)20-10-13-5-7-14(8-6-13)18(24)27-11-16-22-23-17(28-16)15-4-3-9-26-15/h3-9,12H,10-11H2,1-2H3,(H2,20,21,25). The van der Waals surface area contributed by atoms with Crippen LogP contribution < -0.4 is 10.6 Å². The summed E-state index contributed by atoms with van der Waals surface area (Å²) in [6.07, 6.45) is 1.50. The van der Waals surface area contributed by atoms with Crippen LogP contribution in [0.4, 0.5) is 4.79 Å². The molecule has 28 heavy (non-hydrogen) atoms. The topological polar surface area (TPSA) is 119 Å². The quantitative estimate of drug-likeness (QED) is 0.601. The Bertz CT molecular complexity index is 916. The SMILES string of the molecule is CC(C)NC(=O)NCc1ccc(C(=O)OCc2nnc(-c3ccco3)o2)cc1. The second-order valence-corrected chi connectivity index (χ2v) is 6.23. The van der Waals surface area contributed by atoms with Crippen LogP contribution in [0.25, 0.3) is 11.7 Å². The van der Waals surface area contributed by atoms with Gasteiger partial charge in [0.15, 0.2) is 12.4 Å². The summed E-state index contributed by atoms with van der Waals surface area (Å²) in [5.41, 5.74) is 1.23. The minimum Gasteiger partial charge on any atom is -0.459 e. The van der Waals surface area contributed by atoms with Gasteiger partial charge in [-0.2, -0.15) is 0 Å². The molecule has 0 bridgehead atoms. The van der Waals surface area contributed by atoms with E-state index in [4.69, 9.17) is 13.6 Å². The van der Waals surface area contributed by atoms with E-state index in [0.717, 1.165) is 5.56 Å². The normalized spacial score (nSPS) is 10.7. The number of nitrogens with zero attached hydrogens (tertiary/aromatic N) is 2. The predicted molar refractivity (Wildman–Crippen MR) is 98.1 cm³/mol. The molecule has 3 rings (SSSR count). The maximum Gasteiger partial charge on any atom is 0.338 e. The number of benzene rings is 1. The average Bonchev–Trinajstić information content (AvgIpc) is 3.36. The van der Waals surface area contributed by atoms with E-state index in [0.29, 0.717) is 17.9 Å². The van der Waals surface area contributed by atoms with Crippen molar-refractivity contribution in [3.8, 4) is 11.7 Å². The number of furan rings is 1. The zero-order valence-electron chi connectivity index (χ0n) is 15.5. The van der Waals surface area contributed by atoms with Gasteiger partial charge in [0.05, 0.1) is 11.8 Å². The van der Waals surface area contributed by atoms with Crippen LogP contribution in [-0.2, 0) is 17.9 Å². The average molecular weight is 384 g/mol. The molecule has 0 aliphatic carbocycles. The van der Waals surface area contributed by atoms with Crippen LogP contribution in [0.3, 0.4) is 0 Å². The molecule has 0 saturated heterocycles. The number of amides is 2. The minimum absolute atomic E-state index is 0.0613. The lowest BCUT2D eigenvalue weighted by Gasteiger charge is -2.10. The summed E-state index contributed by atoms with van der Waals surface area (Å²) in [4.78, 5) is 23.7. The highest BCUT2D eigenvalue weighted by Gasteiger charge is 2.14. The second-order valence-electron chi connectivity index (χ2n) is 6.23. The van der Waals surface area contributed by atoms with Gasteiger partial charge < -0.3 is 24.2 Å². The van der Waals surface area contributed by atoms with Crippen molar-refractivity contribution in [3.63, 3.8) is 0 Å². The van der Waals surface area contributed by atoms with Crippen LogP contribution in [0.5, 0.6) is 0 Å². The molecule has 9 nitrogen and oxygen atoms in total. The number of carbonyl (C=O) groups is 2. The van der Waals surface area contributed by atoms with E-state index < -0.39 is 5.97 Å². The highest BCUT2D eigenvalue weighted by Crippen LogP contribution is 2.18. The Morgan fingerprint density at radius 1 is 1.14 bits per heavy atom. The van der Waals surface area contributed by atoms with Crippen LogP contribution in [0.15, 0.2) is 51.5 Å². The summed E-state index contributed by atoms with van der Waals surface area (Å²) in [6.45, 7) is 3.97. The van der Waals surface area contributed by atoms with E-state index in [-0.39, 0.29) is 30.5 Å². The number of aromatic nitrogens is 2. The molecule has 0 aliphatic heterocycles. The molecule has 0 radical (unpaired) electrons. The lowest BCUT2D eigenvalue weighted by molar-refractivity contribution is 0.0438. The summed E-state index contributed by atoms with van der Waals surface area (Å²) in [5.74, 6) is 0.303. The van der Waals surface area contributed by atoms with Crippen LogP contribution >= 0.6 is 0 Å². The highest BCUT2D eigenvalue weighted by molar-refractivity contribution is 5.89. The first-order chi connectivity index (χ1) is 13.5. The van der Waals surface area contributed by atoms with Crippen molar-refractivity contribution in [2.75, 3.05) is 0 Å². The van der Waals surface area contributed by atoms with Gasteiger partial charge in [-0.05, 0) is 43.7 Å². The number of urea groups is 1. The third kappa shape index (κ3) is 5.19. The third-order valence-corrected chi connectivity index (χ3v) is 3.59. The zero-order chi connectivity index (χ0) is 19.9. The van der Waals surface area contributed by atoms with Gasteiger partial charge in [0.25, 0.3) is 11.8 Å². The van der Waals surface area contributed by atoms with Crippen LogP contribution in [0.2, 0.25) is 0 Å². The predicted octanol–water partition coefficient (Wildman–Crippen LogP) is 2.89. The van der Waals surface area contributed by atoms with Gasteiger partial charge in [0.2, 0.25) is 0 Å². The Morgan fingerprint density at radius 2 is 1.93 bits per heavy atom. The van der Waals surface area contributed by atoms with E-state index in [1.165, 1.54) is 6.26 Å². The Hall–Kier alpha value is -3.62. The number of hydrogen-bond acceptors (Lipinski definition) is 7. The molecule has 0 atom stereocenters. The van der Waals surface area contributed by atoms with Crippen molar-refractivity contribution in [1.29, 1.82) is 0 Å². The van der Waals surface area contributed by atoms with Gasteiger partial charge in [0.1, 0.15) is 0 Å². The zero-order valence-corrected chi connectivity index (χ0v) is 15.5. The maximum atomic E-state index is 12.1. The van der Waals surface area contributed by atoms with Crippen molar-refractivity contribution in [2.45, 2.75) is 33.0 Å². The lowest BCUT2D eigenvalue weighted by atomic mass is 10.1.